The molecule has 0 spiro atoms. The average Bonchev–Trinajstić information content (AvgIpc) is 2.16. The summed E-state index contributed by atoms with van der Waals surface area (Å²) in [6.07, 6.45) is 1.23. The highest BCUT2D eigenvalue weighted by Crippen LogP contribution is 1.90. The van der Waals surface area contributed by atoms with E-state index in [-0.39, 0.29) is 19.0 Å². The van der Waals surface area contributed by atoms with Crippen molar-refractivity contribution in [3.8, 4) is 0 Å². The van der Waals surface area contributed by atoms with Gasteiger partial charge < -0.3 is 20.1 Å². The van der Waals surface area contributed by atoms with E-state index >= 15 is 0 Å². The van der Waals surface area contributed by atoms with Gasteiger partial charge in [-0.25, -0.2) is 8.42 Å². The molecule has 7 heteroatoms. The SMILES string of the molecule is CCCCS(=O)(=O)[O-].OCC[NH2+]CCO. The Hall–Kier alpha value is -0.210. The van der Waals surface area contributed by atoms with Crippen LogP contribution in [0.25, 0.3) is 0 Å². The Labute approximate surface area is 91.1 Å². The summed E-state index contributed by atoms with van der Waals surface area (Å²) >= 11 is 0. The van der Waals surface area contributed by atoms with Crippen molar-refractivity contribution in [2.24, 2.45) is 0 Å². The van der Waals surface area contributed by atoms with Gasteiger partial charge in [0.15, 0.2) is 0 Å². The molecule has 15 heavy (non-hydrogen) atoms. The molecule has 0 atom stereocenters. The highest BCUT2D eigenvalue weighted by molar-refractivity contribution is 7.85. The number of nitrogens with two attached hydrogens (primary N) is 1. The van der Waals surface area contributed by atoms with Crippen molar-refractivity contribution in [3.05, 3.63) is 0 Å². The molecular formula is C8H21NO5S. The van der Waals surface area contributed by atoms with Crippen LogP contribution in [-0.2, 0) is 10.1 Å². The first-order chi connectivity index (χ1) is 6.97. The van der Waals surface area contributed by atoms with Gasteiger partial charge in [-0.2, -0.15) is 0 Å². The third-order valence-corrected chi connectivity index (χ3v) is 2.20. The van der Waals surface area contributed by atoms with E-state index in [1.807, 2.05) is 12.2 Å². The second-order valence-corrected chi connectivity index (χ2v) is 4.45. The zero-order valence-corrected chi connectivity index (χ0v) is 9.87. The standard InChI is InChI=1S/C4H11NO2.C4H10O3S/c6-3-1-5-2-4-7;1-2-3-4-8(5,6)7/h5-7H,1-4H2;2-4H2,1H3,(H,5,6,7). The Morgan fingerprint density at radius 2 is 1.67 bits per heavy atom. The first kappa shape index (κ1) is 17.2. The minimum Gasteiger partial charge on any atom is -0.748 e. The topological polar surface area (TPSA) is 114 Å². The summed E-state index contributed by atoms with van der Waals surface area (Å²) in [5.41, 5.74) is 0. The number of hydrogen-bond donors (Lipinski definition) is 3. The minimum absolute atomic E-state index is 0.194. The van der Waals surface area contributed by atoms with Crippen LogP contribution in [0, 0.1) is 0 Å². The Morgan fingerprint density at radius 1 is 1.20 bits per heavy atom. The highest BCUT2D eigenvalue weighted by Gasteiger charge is 1.90. The number of aliphatic hydroxyl groups is 2. The van der Waals surface area contributed by atoms with Crippen LogP contribution in [0.2, 0.25) is 0 Å². The second kappa shape index (κ2) is 11.9. The van der Waals surface area contributed by atoms with Gasteiger partial charge >= 0.3 is 0 Å². The molecule has 94 valence electrons. The van der Waals surface area contributed by atoms with Gasteiger partial charge in [0.25, 0.3) is 0 Å². The maximum Gasteiger partial charge on any atom is 0.0991 e. The molecular weight excluding hydrogens is 222 g/mol. The molecule has 0 unspecified atom stereocenters. The van der Waals surface area contributed by atoms with Gasteiger partial charge in [-0.1, -0.05) is 13.3 Å². The van der Waals surface area contributed by atoms with Gasteiger partial charge in [0.05, 0.1) is 36.4 Å². The zero-order chi connectivity index (χ0) is 12.2. The van der Waals surface area contributed by atoms with E-state index in [4.69, 9.17) is 10.2 Å². The molecule has 0 aromatic heterocycles. The molecule has 0 saturated carbocycles. The van der Waals surface area contributed by atoms with E-state index in [0.717, 1.165) is 6.42 Å². The summed E-state index contributed by atoms with van der Waals surface area (Å²) in [6.45, 7) is 3.62. The van der Waals surface area contributed by atoms with Crippen LogP contribution in [0.3, 0.4) is 0 Å². The lowest BCUT2D eigenvalue weighted by Crippen LogP contribution is -2.85. The molecule has 6 nitrogen and oxygen atoms in total. The molecule has 0 fully saturated rings. The number of quaternary nitrogens is 1. The summed E-state index contributed by atoms with van der Waals surface area (Å²) in [5, 5.41) is 18.2. The predicted molar refractivity (Wildman–Crippen MR) is 55.3 cm³/mol. The molecule has 0 amide bonds. The highest BCUT2D eigenvalue weighted by atomic mass is 32.2. The molecule has 0 aliphatic heterocycles. The largest absolute Gasteiger partial charge is 0.748 e. The Balaban J connectivity index is 0. The van der Waals surface area contributed by atoms with Crippen molar-refractivity contribution in [3.63, 3.8) is 0 Å². The average molecular weight is 243 g/mol. The van der Waals surface area contributed by atoms with Crippen molar-refractivity contribution in [2.45, 2.75) is 19.8 Å². The van der Waals surface area contributed by atoms with Crippen LogP contribution >= 0.6 is 0 Å². The summed E-state index contributed by atoms with van der Waals surface area (Å²) in [4.78, 5) is 0. The smallest absolute Gasteiger partial charge is 0.0991 e. The number of aliphatic hydroxyl groups excluding tert-OH is 2. The van der Waals surface area contributed by atoms with Gasteiger partial charge in [-0.3, -0.25) is 0 Å². The Morgan fingerprint density at radius 3 is 1.87 bits per heavy atom. The maximum atomic E-state index is 9.83. The molecule has 4 N–H and O–H groups in total. The van der Waals surface area contributed by atoms with Crippen LogP contribution < -0.4 is 5.32 Å². The van der Waals surface area contributed by atoms with E-state index in [2.05, 4.69) is 0 Å². The minimum atomic E-state index is -3.94. The van der Waals surface area contributed by atoms with Gasteiger partial charge in [0.1, 0.15) is 0 Å². The molecule has 0 aliphatic rings. The molecule has 0 aromatic carbocycles. The quantitative estimate of drug-likeness (QED) is 0.349. The van der Waals surface area contributed by atoms with Crippen LogP contribution in [0.5, 0.6) is 0 Å². The number of hydrogen-bond acceptors (Lipinski definition) is 5. The Bertz CT molecular complexity index is 201. The maximum absolute atomic E-state index is 9.83. The van der Waals surface area contributed by atoms with Crippen molar-refractivity contribution < 1.29 is 28.5 Å². The van der Waals surface area contributed by atoms with Crippen molar-refractivity contribution in [1.82, 2.24) is 0 Å². The van der Waals surface area contributed by atoms with Crippen LogP contribution in [0.1, 0.15) is 19.8 Å². The lowest BCUT2D eigenvalue weighted by molar-refractivity contribution is -0.657. The number of unbranched alkanes of at least 4 members (excludes halogenated alkanes) is 1. The van der Waals surface area contributed by atoms with E-state index < -0.39 is 10.1 Å². The van der Waals surface area contributed by atoms with Gasteiger partial charge in [-0.05, 0) is 6.42 Å². The normalized spacial score (nSPS) is 10.7. The van der Waals surface area contributed by atoms with Gasteiger partial charge in [0.2, 0.25) is 0 Å². The zero-order valence-electron chi connectivity index (χ0n) is 9.05. The third kappa shape index (κ3) is 24.8. The summed E-state index contributed by atoms with van der Waals surface area (Å²) in [7, 11) is -3.94. The first-order valence-electron chi connectivity index (χ1n) is 4.94. The fourth-order valence-electron chi connectivity index (χ4n) is 0.648. The second-order valence-electron chi connectivity index (χ2n) is 2.93. The van der Waals surface area contributed by atoms with E-state index in [9.17, 15) is 13.0 Å². The fourth-order valence-corrected chi connectivity index (χ4v) is 1.29. The third-order valence-electron chi connectivity index (χ3n) is 1.41. The van der Waals surface area contributed by atoms with Crippen molar-refractivity contribution in [1.29, 1.82) is 0 Å². The Kier molecular flexibility index (Phi) is 13.6. The molecule has 0 aliphatic carbocycles. The fraction of sp³-hybridized carbons (Fsp3) is 1.00. The van der Waals surface area contributed by atoms with Crippen molar-refractivity contribution >= 4 is 10.1 Å². The number of rotatable bonds is 7. The molecule has 0 heterocycles. The predicted octanol–water partition coefficient (Wildman–Crippen LogP) is -2.13. The van der Waals surface area contributed by atoms with Crippen molar-refractivity contribution in [2.75, 3.05) is 32.1 Å². The monoisotopic (exact) mass is 243 g/mol. The molecule has 0 radical (unpaired) electrons. The molecule has 0 rings (SSSR count). The lowest BCUT2D eigenvalue weighted by atomic mass is 10.4. The van der Waals surface area contributed by atoms with Crippen LogP contribution in [0.4, 0.5) is 0 Å². The molecule has 0 saturated heterocycles. The van der Waals surface area contributed by atoms with Crippen LogP contribution in [-0.4, -0.2) is 55.2 Å². The first-order valence-corrected chi connectivity index (χ1v) is 6.52. The van der Waals surface area contributed by atoms with Gasteiger partial charge in [-0.15, -0.1) is 0 Å². The van der Waals surface area contributed by atoms with E-state index in [0.29, 0.717) is 19.5 Å². The summed E-state index contributed by atoms with van der Waals surface area (Å²) in [6, 6.07) is 0. The van der Waals surface area contributed by atoms with Crippen LogP contribution in [0.15, 0.2) is 0 Å². The van der Waals surface area contributed by atoms with Gasteiger partial charge in [0, 0.05) is 5.75 Å². The summed E-state index contributed by atoms with van der Waals surface area (Å²) in [5.74, 6) is -0.219. The molecule has 0 aromatic rings. The van der Waals surface area contributed by atoms with E-state index in [1.165, 1.54) is 0 Å². The molecule has 0 bridgehead atoms. The van der Waals surface area contributed by atoms with E-state index in [1.54, 1.807) is 0 Å². The lowest BCUT2D eigenvalue weighted by Gasteiger charge is -2.02. The summed E-state index contributed by atoms with van der Waals surface area (Å²) < 4.78 is 29.5.